The summed E-state index contributed by atoms with van der Waals surface area (Å²) in [5, 5.41) is 22.0. The van der Waals surface area contributed by atoms with Crippen LogP contribution in [0.3, 0.4) is 0 Å². The Hall–Kier alpha value is -3.27. The number of aromatic hydroxyl groups is 1. The van der Waals surface area contributed by atoms with Crippen molar-refractivity contribution in [2.75, 3.05) is 0 Å². The molecule has 0 amide bonds. The maximum Gasteiger partial charge on any atom is 0.337 e. The van der Waals surface area contributed by atoms with Crippen molar-refractivity contribution in [2.24, 2.45) is 0 Å². The Morgan fingerprint density at radius 3 is 2.58 bits per heavy atom. The number of phenols is 1. The van der Waals surface area contributed by atoms with Gasteiger partial charge in [0.1, 0.15) is 5.75 Å². The first kappa shape index (κ1) is 14.3. The molecule has 0 spiro atoms. The molecule has 4 nitrogen and oxygen atoms in total. The number of fused-ring (bicyclic) bond motifs is 2. The SMILES string of the molecule is O=C(O)c1cn(Cc2cccc3ccccc23)c2ccc(O)cc12. The van der Waals surface area contributed by atoms with Gasteiger partial charge in [-0.3, -0.25) is 0 Å². The number of phenolic OH excluding ortho intramolecular Hbond substituents is 1. The molecule has 0 saturated carbocycles. The molecular formula is C20H15NO3. The zero-order valence-corrected chi connectivity index (χ0v) is 12.8. The van der Waals surface area contributed by atoms with Gasteiger partial charge in [-0.2, -0.15) is 0 Å². The van der Waals surface area contributed by atoms with Crippen LogP contribution in [-0.2, 0) is 6.54 Å². The molecule has 3 aromatic carbocycles. The number of hydrogen-bond acceptors (Lipinski definition) is 2. The highest BCUT2D eigenvalue weighted by Gasteiger charge is 2.15. The Morgan fingerprint density at radius 1 is 0.958 bits per heavy atom. The molecule has 0 aliphatic carbocycles. The fourth-order valence-electron chi connectivity index (χ4n) is 3.20. The topological polar surface area (TPSA) is 62.5 Å². The smallest absolute Gasteiger partial charge is 0.337 e. The summed E-state index contributed by atoms with van der Waals surface area (Å²) in [6.07, 6.45) is 1.63. The summed E-state index contributed by atoms with van der Waals surface area (Å²) in [7, 11) is 0. The summed E-state index contributed by atoms with van der Waals surface area (Å²) in [5.41, 5.74) is 2.11. The van der Waals surface area contributed by atoms with Crippen molar-refractivity contribution in [2.45, 2.75) is 6.54 Å². The van der Waals surface area contributed by atoms with Gasteiger partial charge < -0.3 is 14.8 Å². The largest absolute Gasteiger partial charge is 0.508 e. The van der Waals surface area contributed by atoms with Gasteiger partial charge in [-0.15, -0.1) is 0 Å². The van der Waals surface area contributed by atoms with Crippen LogP contribution < -0.4 is 0 Å². The standard InChI is InChI=1S/C20H15NO3/c22-15-8-9-19-17(10-15)18(20(23)24)12-21(19)11-14-6-3-5-13-4-1-2-7-16(13)14/h1-10,12,22H,11H2,(H,23,24). The van der Waals surface area contributed by atoms with E-state index in [1.165, 1.54) is 6.07 Å². The molecule has 0 unspecified atom stereocenters. The van der Waals surface area contributed by atoms with E-state index in [-0.39, 0.29) is 11.3 Å². The van der Waals surface area contributed by atoms with E-state index in [0.29, 0.717) is 11.9 Å². The zero-order chi connectivity index (χ0) is 16.7. The van der Waals surface area contributed by atoms with Gasteiger partial charge in [0.15, 0.2) is 0 Å². The van der Waals surface area contributed by atoms with E-state index in [1.54, 1.807) is 18.3 Å². The van der Waals surface area contributed by atoms with Gasteiger partial charge in [-0.1, -0.05) is 42.5 Å². The van der Waals surface area contributed by atoms with Crippen molar-refractivity contribution in [1.82, 2.24) is 4.57 Å². The second-order valence-electron chi connectivity index (χ2n) is 5.82. The highest BCUT2D eigenvalue weighted by atomic mass is 16.4. The number of benzene rings is 3. The first-order valence-electron chi connectivity index (χ1n) is 7.65. The van der Waals surface area contributed by atoms with Crippen LogP contribution in [0, 0.1) is 0 Å². The second kappa shape index (κ2) is 5.42. The van der Waals surface area contributed by atoms with E-state index in [2.05, 4.69) is 24.3 Å². The number of nitrogens with zero attached hydrogens (tertiary/aromatic N) is 1. The molecule has 1 heterocycles. The van der Waals surface area contributed by atoms with E-state index in [1.807, 2.05) is 22.8 Å². The summed E-state index contributed by atoms with van der Waals surface area (Å²) in [6, 6.07) is 19.1. The number of hydrogen-bond donors (Lipinski definition) is 2. The van der Waals surface area contributed by atoms with Crippen LogP contribution in [0.1, 0.15) is 15.9 Å². The van der Waals surface area contributed by atoms with Crippen LogP contribution in [0.5, 0.6) is 5.75 Å². The van der Waals surface area contributed by atoms with Gasteiger partial charge in [0.2, 0.25) is 0 Å². The van der Waals surface area contributed by atoms with E-state index < -0.39 is 5.97 Å². The molecule has 0 saturated heterocycles. The maximum absolute atomic E-state index is 11.5. The minimum Gasteiger partial charge on any atom is -0.508 e. The molecule has 24 heavy (non-hydrogen) atoms. The minimum atomic E-state index is -0.998. The van der Waals surface area contributed by atoms with E-state index in [4.69, 9.17) is 0 Å². The lowest BCUT2D eigenvalue weighted by Gasteiger charge is -2.09. The summed E-state index contributed by atoms with van der Waals surface area (Å²) in [6.45, 7) is 0.565. The molecule has 4 heteroatoms. The number of aromatic carboxylic acids is 1. The van der Waals surface area contributed by atoms with Gasteiger partial charge >= 0.3 is 5.97 Å². The average Bonchev–Trinajstić information content (AvgIpc) is 2.93. The molecule has 4 rings (SSSR count). The van der Waals surface area contributed by atoms with Crippen LogP contribution in [-0.4, -0.2) is 20.7 Å². The molecule has 4 aromatic rings. The molecule has 0 fully saturated rings. The summed E-state index contributed by atoms with van der Waals surface area (Å²) < 4.78 is 1.92. The Kier molecular flexibility index (Phi) is 3.24. The van der Waals surface area contributed by atoms with Crippen LogP contribution in [0.15, 0.2) is 66.9 Å². The highest BCUT2D eigenvalue weighted by molar-refractivity contribution is 6.04. The van der Waals surface area contributed by atoms with E-state index >= 15 is 0 Å². The molecule has 0 radical (unpaired) electrons. The molecule has 0 atom stereocenters. The van der Waals surface area contributed by atoms with Gasteiger partial charge in [0, 0.05) is 23.6 Å². The third-order valence-electron chi connectivity index (χ3n) is 4.32. The lowest BCUT2D eigenvalue weighted by atomic mass is 10.0. The Bertz CT molecular complexity index is 1070. The maximum atomic E-state index is 11.5. The number of aromatic nitrogens is 1. The number of carboxylic acids is 1. The van der Waals surface area contributed by atoms with Crippen LogP contribution >= 0.6 is 0 Å². The molecule has 2 N–H and O–H groups in total. The summed E-state index contributed by atoms with van der Waals surface area (Å²) in [4.78, 5) is 11.5. The number of carboxylic acid groups (broad SMARTS) is 1. The molecule has 1 aromatic heterocycles. The van der Waals surface area contributed by atoms with Crippen molar-refractivity contribution in [3.8, 4) is 5.75 Å². The van der Waals surface area contributed by atoms with Gasteiger partial charge in [-0.05, 0) is 34.5 Å². The van der Waals surface area contributed by atoms with E-state index in [9.17, 15) is 15.0 Å². The lowest BCUT2D eigenvalue weighted by Crippen LogP contribution is -1.99. The van der Waals surface area contributed by atoms with Crippen LogP contribution in [0.4, 0.5) is 0 Å². The first-order chi connectivity index (χ1) is 11.6. The highest BCUT2D eigenvalue weighted by Crippen LogP contribution is 2.27. The molecule has 0 aliphatic heterocycles. The van der Waals surface area contributed by atoms with Crippen molar-refractivity contribution in [3.63, 3.8) is 0 Å². The lowest BCUT2D eigenvalue weighted by molar-refractivity contribution is 0.0699. The van der Waals surface area contributed by atoms with Crippen LogP contribution in [0.2, 0.25) is 0 Å². The zero-order valence-electron chi connectivity index (χ0n) is 12.8. The first-order valence-corrected chi connectivity index (χ1v) is 7.65. The third kappa shape index (κ3) is 2.29. The van der Waals surface area contributed by atoms with E-state index in [0.717, 1.165) is 21.9 Å². The van der Waals surface area contributed by atoms with Gasteiger partial charge in [0.25, 0.3) is 0 Å². The average molecular weight is 317 g/mol. The number of carbonyl (C=O) groups is 1. The molecule has 0 aliphatic rings. The third-order valence-corrected chi connectivity index (χ3v) is 4.32. The van der Waals surface area contributed by atoms with Crippen molar-refractivity contribution >= 4 is 27.6 Å². The Balaban J connectivity index is 1.89. The van der Waals surface area contributed by atoms with Gasteiger partial charge in [-0.25, -0.2) is 4.79 Å². The van der Waals surface area contributed by atoms with Crippen LogP contribution in [0.25, 0.3) is 21.7 Å². The normalized spacial score (nSPS) is 11.2. The Morgan fingerprint density at radius 2 is 1.75 bits per heavy atom. The molecule has 118 valence electrons. The quantitative estimate of drug-likeness (QED) is 0.594. The van der Waals surface area contributed by atoms with Crippen molar-refractivity contribution in [3.05, 3.63) is 78.0 Å². The number of rotatable bonds is 3. The minimum absolute atomic E-state index is 0.0629. The predicted molar refractivity (Wildman–Crippen MR) is 93.6 cm³/mol. The van der Waals surface area contributed by atoms with Crippen molar-refractivity contribution in [1.29, 1.82) is 0 Å². The summed E-state index contributed by atoms with van der Waals surface area (Å²) >= 11 is 0. The Labute approximate surface area is 138 Å². The van der Waals surface area contributed by atoms with Gasteiger partial charge in [0.05, 0.1) is 5.56 Å². The fraction of sp³-hybridized carbons (Fsp3) is 0.0500. The summed E-state index contributed by atoms with van der Waals surface area (Å²) in [5.74, 6) is -0.935. The second-order valence-corrected chi connectivity index (χ2v) is 5.82. The fourth-order valence-corrected chi connectivity index (χ4v) is 3.20. The monoisotopic (exact) mass is 317 g/mol. The molecular weight excluding hydrogens is 302 g/mol. The molecule has 0 bridgehead atoms. The predicted octanol–water partition coefficient (Wildman–Crippen LogP) is 4.25. The van der Waals surface area contributed by atoms with Crippen molar-refractivity contribution < 1.29 is 15.0 Å².